The second-order valence-corrected chi connectivity index (χ2v) is 5.51. The number of hydrogen-bond acceptors (Lipinski definition) is 3. The van der Waals surface area contributed by atoms with E-state index >= 15 is 0 Å². The van der Waals surface area contributed by atoms with Crippen molar-refractivity contribution in [2.45, 2.75) is 13.5 Å². The van der Waals surface area contributed by atoms with Crippen LogP contribution >= 0.6 is 0 Å². The molecule has 0 fully saturated rings. The molecular formula is C19H16N6. The monoisotopic (exact) mass is 328 g/mol. The first-order valence-corrected chi connectivity index (χ1v) is 7.62. The minimum Gasteiger partial charge on any atom is -0.369 e. The van der Waals surface area contributed by atoms with E-state index in [0.717, 1.165) is 33.7 Å². The van der Waals surface area contributed by atoms with Crippen molar-refractivity contribution in [2.24, 2.45) is 10.7 Å². The van der Waals surface area contributed by atoms with Gasteiger partial charge in [-0.3, -0.25) is 0 Å². The third kappa shape index (κ3) is 3.44. The average molecular weight is 328 g/mol. The van der Waals surface area contributed by atoms with Crippen LogP contribution in [0.5, 0.6) is 0 Å². The van der Waals surface area contributed by atoms with Crippen molar-refractivity contribution in [3.8, 4) is 18.5 Å². The molecule has 3 aromatic rings. The van der Waals surface area contributed by atoms with Crippen molar-refractivity contribution in [2.75, 3.05) is 5.32 Å². The van der Waals surface area contributed by atoms with Crippen LogP contribution in [-0.4, -0.2) is 15.5 Å². The summed E-state index contributed by atoms with van der Waals surface area (Å²) in [7, 11) is 0. The van der Waals surface area contributed by atoms with Gasteiger partial charge in [-0.1, -0.05) is 18.1 Å². The second kappa shape index (κ2) is 6.77. The summed E-state index contributed by atoms with van der Waals surface area (Å²) in [5.41, 5.74) is 10.2. The molecule has 0 bridgehead atoms. The van der Waals surface area contributed by atoms with Gasteiger partial charge in [0.25, 0.3) is 0 Å². The highest BCUT2D eigenvalue weighted by Gasteiger charge is 2.09. The van der Waals surface area contributed by atoms with Crippen LogP contribution in [0.25, 0.3) is 11.0 Å². The van der Waals surface area contributed by atoms with Crippen LogP contribution in [0.15, 0.2) is 47.5 Å². The van der Waals surface area contributed by atoms with Gasteiger partial charge in [-0.2, -0.15) is 5.26 Å². The number of nitrogens with one attached hydrogen (secondary N) is 1. The number of aliphatic imine (C=N–C) groups is 1. The first kappa shape index (κ1) is 16.1. The molecule has 6 nitrogen and oxygen atoms in total. The quantitative estimate of drug-likeness (QED) is 0.334. The molecule has 0 radical (unpaired) electrons. The average Bonchev–Trinajstić information content (AvgIpc) is 2.90. The molecule has 2 aromatic carbocycles. The van der Waals surface area contributed by atoms with E-state index in [1.807, 2.05) is 49.4 Å². The van der Waals surface area contributed by atoms with Gasteiger partial charge in [0.05, 0.1) is 11.0 Å². The number of fused-ring (bicyclic) bond motifs is 1. The first-order chi connectivity index (χ1) is 12.1. The molecular weight excluding hydrogens is 312 g/mol. The summed E-state index contributed by atoms with van der Waals surface area (Å²) in [5.74, 6) is 3.58. The fourth-order valence-corrected chi connectivity index (χ4v) is 2.65. The van der Waals surface area contributed by atoms with E-state index in [0.29, 0.717) is 6.54 Å². The van der Waals surface area contributed by atoms with Crippen molar-refractivity contribution in [3.05, 3.63) is 59.4 Å². The van der Waals surface area contributed by atoms with Crippen molar-refractivity contribution < 1.29 is 0 Å². The van der Waals surface area contributed by atoms with E-state index in [9.17, 15) is 0 Å². The zero-order chi connectivity index (χ0) is 17.8. The van der Waals surface area contributed by atoms with Gasteiger partial charge >= 0.3 is 0 Å². The zero-order valence-corrected chi connectivity index (χ0v) is 13.7. The number of aryl methyl sites for hydroxylation is 1. The summed E-state index contributed by atoms with van der Waals surface area (Å²) in [4.78, 5) is 8.04. The minimum atomic E-state index is 0.0478. The summed E-state index contributed by atoms with van der Waals surface area (Å²) in [5, 5.41) is 11.4. The molecule has 0 aliphatic heterocycles. The molecule has 3 rings (SSSR count). The highest BCUT2D eigenvalue weighted by Crippen LogP contribution is 2.21. The van der Waals surface area contributed by atoms with Gasteiger partial charge in [0.1, 0.15) is 5.82 Å². The van der Waals surface area contributed by atoms with Crippen molar-refractivity contribution >= 4 is 22.7 Å². The maximum absolute atomic E-state index is 8.52. The first-order valence-electron chi connectivity index (χ1n) is 7.62. The Balaban J connectivity index is 1.91. The maximum Gasteiger partial charge on any atom is 0.209 e. The maximum atomic E-state index is 8.52. The third-order valence-corrected chi connectivity index (χ3v) is 3.84. The van der Waals surface area contributed by atoms with Gasteiger partial charge in [-0.05, 0) is 42.8 Å². The highest BCUT2D eigenvalue weighted by molar-refractivity contribution is 5.94. The van der Waals surface area contributed by atoms with E-state index in [1.54, 1.807) is 6.19 Å². The summed E-state index contributed by atoms with van der Waals surface area (Å²) >= 11 is 0. The van der Waals surface area contributed by atoms with Crippen LogP contribution in [0.1, 0.15) is 17.0 Å². The second-order valence-electron chi connectivity index (χ2n) is 5.51. The number of benzene rings is 2. The van der Waals surface area contributed by atoms with Crippen LogP contribution in [0.3, 0.4) is 0 Å². The number of nitrogens with zero attached hydrogens (tertiary/aromatic N) is 4. The van der Waals surface area contributed by atoms with Crippen LogP contribution < -0.4 is 11.1 Å². The third-order valence-electron chi connectivity index (χ3n) is 3.84. The Morgan fingerprint density at radius 1 is 1.32 bits per heavy atom. The van der Waals surface area contributed by atoms with E-state index in [4.69, 9.17) is 17.4 Å². The van der Waals surface area contributed by atoms with E-state index in [2.05, 4.69) is 25.8 Å². The Morgan fingerprint density at radius 2 is 2.08 bits per heavy atom. The Labute approximate surface area is 145 Å². The molecule has 6 heteroatoms. The molecule has 0 saturated carbocycles. The molecule has 3 N–H and O–H groups in total. The van der Waals surface area contributed by atoms with Gasteiger partial charge in [-0.15, -0.1) is 11.4 Å². The van der Waals surface area contributed by atoms with Crippen molar-refractivity contribution in [1.29, 1.82) is 5.26 Å². The van der Waals surface area contributed by atoms with Crippen LogP contribution in [0.2, 0.25) is 0 Å². The van der Waals surface area contributed by atoms with Crippen LogP contribution in [0.4, 0.5) is 5.69 Å². The number of terminal acetylenes is 1. The minimum absolute atomic E-state index is 0.0478. The summed E-state index contributed by atoms with van der Waals surface area (Å²) in [6, 6.07) is 13.6. The summed E-state index contributed by atoms with van der Waals surface area (Å²) < 4.78 is 2.14. The molecule has 0 saturated heterocycles. The molecule has 0 amide bonds. The fourth-order valence-electron chi connectivity index (χ4n) is 2.65. The molecule has 0 unspecified atom stereocenters. The van der Waals surface area contributed by atoms with E-state index in [1.165, 1.54) is 0 Å². The number of rotatable bonds is 3. The SMILES string of the molecule is C#Cc1ccc(Cn2c(C)nc3cc(N/C(N)=N\C#N)ccc32)cc1. The van der Waals surface area contributed by atoms with Gasteiger partial charge in [0.2, 0.25) is 12.2 Å². The number of imidazole rings is 1. The Morgan fingerprint density at radius 3 is 2.76 bits per heavy atom. The summed E-state index contributed by atoms with van der Waals surface area (Å²) in [6.07, 6.45) is 7.04. The predicted molar refractivity (Wildman–Crippen MR) is 98.8 cm³/mol. The van der Waals surface area contributed by atoms with Crippen LogP contribution in [0, 0.1) is 30.7 Å². The lowest BCUT2D eigenvalue weighted by atomic mass is 10.1. The van der Waals surface area contributed by atoms with Gasteiger partial charge < -0.3 is 15.6 Å². The molecule has 1 aromatic heterocycles. The van der Waals surface area contributed by atoms with E-state index in [-0.39, 0.29) is 5.96 Å². The molecule has 0 aliphatic carbocycles. The number of hydrogen-bond donors (Lipinski definition) is 2. The van der Waals surface area contributed by atoms with Crippen molar-refractivity contribution in [3.63, 3.8) is 0 Å². The van der Waals surface area contributed by atoms with E-state index < -0.39 is 0 Å². The lowest BCUT2D eigenvalue weighted by Crippen LogP contribution is -2.21. The zero-order valence-electron chi connectivity index (χ0n) is 13.7. The standard InChI is InChI=1S/C19H16N6/c1-3-14-4-6-15(7-5-14)11-25-13(2)23-17-10-16(8-9-18(17)25)24-19(21)22-12-20/h1,4-10H,11H2,2H3,(H3,21,22,24). The number of anilines is 1. The molecule has 122 valence electrons. The molecule has 0 spiro atoms. The van der Waals surface area contributed by atoms with Gasteiger partial charge in [0, 0.05) is 17.8 Å². The highest BCUT2D eigenvalue weighted by atomic mass is 15.1. The normalized spacial score (nSPS) is 11.1. The lowest BCUT2D eigenvalue weighted by Gasteiger charge is -2.08. The van der Waals surface area contributed by atoms with Crippen LogP contribution in [-0.2, 0) is 6.54 Å². The molecule has 0 aliphatic rings. The molecule has 1 heterocycles. The van der Waals surface area contributed by atoms with Crippen molar-refractivity contribution in [1.82, 2.24) is 9.55 Å². The Kier molecular flexibility index (Phi) is 4.36. The van der Waals surface area contributed by atoms with Gasteiger partial charge in [0.15, 0.2) is 0 Å². The topological polar surface area (TPSA) is 92.0 Å². The lowest BCUT2D eigenvalue weighted by molar-refractivity contribution is 0.786. The molecule has 25 heavy (non-hydrogen) atoms. The Bertz CT molecular complexity index is 1030. The number of aromatic nitrogens is 2. The Hall–Kier alpha value is -3.77. The summed E-state index contributed by atoms with van der Waals surface area (Å²) in [6.45, 7) is 2.67. The number of nitriles is 1. The molecule has 0 atom stereocenters. The number of nitrogens with two attached hydrogens (primary N) is 1. The largest absolute Gasteiger partial charge is 0.369 e. The number of guanidine groups is 1. The predicted octanol–water partition coefficient (Wildman–Crippen LogP) is 2.58. The smallest absolute Gasteiger partial charge is 0.209 e. The van der Waals surface area contributed by atoms with Gasteiger partial charge in [-0.25, -0.2) is 4.98 Å². The fraction of sp³-hybridized carbons (Fsp3) is 0.105.